The number of sulfone groups is 1. The topological polar surface area (TPSA) is 60.4 Å². The predicted octanol–water partition coefficient (Wildman–Crippen LogP) is 1.98. The summed E-state index contributed by atoms with van der Waals surface area (Å²) in [5.74, 6) is -0.666. The second-order valence-corrected chi connectivity index (χ2v) is 6.43. The molecular formula is C13H17FO4S. The van der Waals surface area contributed by atoms with Crippen molar-refractivity contribution in [2.45, 2.75) is 30.8 Å². The van der Waals surface area contributed by atoms with E-state index in [0.29, 0.717) is 0 Å². The molecule has 0 bridgehead atoms. The van der Waals surface area contributed by atoms with Gasteiger partial charge in [0.1, 0.15) is 11.6 Å². The van der Waals surface area contributed by atoms with Gasteiger partial charge in [-0.25, -0.2) is 12.8 Å². The average Bonchev–Trinajstić information content (AvgIpc) is 2.34. The van der Waals surface area contributed by atoms with Crippen LogP contribution in [0.25, 0.3) is 0 Å². The molecule has 6 heteroatoms. The minimum absolute atomic E-state index is 0.0500. The lowest BCUT2D eigenvalue weighted by Crippen LogP contribution is -2.19. The largest absolute Gasteiger partial charge is 0.381 e. The Morgan fingerprint density at radius 2 is 1.89 bits per heavy atom. The zero-order valence-electron chi connectivity index (χ0n) is 10.9. The van der Waals surface area contributed by atoms with Crippen molar-refractivity contribution in [2.24, 2.45) is 0 Å². The third-order valence-electron chi connectivity index (χ3n) is 2.73. The Kier molecular flexibility index (Phi) is 5.62. The van der Waals surface area contributed by atoms with Crippen LogP contribution in [0, 0.1) is 5.82 Å². The van der Waals surface area contributed by atoms with Crippen LogP contribution in [0.4, 0.5) is 4.39 Å². The van der Waals surface area contributed by atoms with Crippen LogP contribution in [-0.4, -0.2) is 33.2 Å². The molecule has 1 aromatic rings. The highest BCUT2D eigenvalue weighted by molar-refractivity contribution is 7.91. The molecule has 0 amide bonds. The fourth-order valence-electron chi connectivity index (χ4n) is 1.67. The predicted molar refractivity (Wildman–Crippen MR) is 69.2 cm³/mol. The third kappa shape index (κ3) is 5.08. The van der Waals surface area contributed by atoms with Gasteiger partial charge in [-0.2, -0.15) is 0 Å². The van der Waals surface area contributed by atoms with Crippen LogP contribution in [0.15, 0.2) is 29.2 Å². The van der Waals surface area contributed by atoms with Crippen molar-refractivity contribution >= 4 is 15.6 Å². The van der Waals surface area contributed by atoms with E-state index in [0.717, 1.165) is 12.1 Å². The highest BCUT2D eigenvalue weighted by Gasteiger charge is 2.18. The van der Waals surface area contributed by atoms with Gasteiger partial charge in [-0.1, -0.05) is 0 Å². The molecule has 4 nitrogen and oxygen atoms in total. The lowest BCUT2D eigenvalue weighted by atomic mass is 10.1. The molecule has 0 fully saturated rings. The number of benzene rings is 1. The number of halogens is 1. The molecule has 0 aliphatic carbocycles. The maximum atomic E-state index is 12.7. The molecule has 0 aromatic heterocycles. The van der Waals surface area contributed by atoms with Crippen LogP contribution in [0.1, 0.15) is 19.8 Å². The van der Waals surface area contributed by atoms with Gasteiger partial charge in [0.25, 0.3) is 0 Å². The SMILES string of the molecule is COC(CCS(=O)(=O)c1ccc(F)cc1)CC(C)=O. The molecule has 1 unspecified atom stereocenters. The summed E-state index contributed by atoms with van der Waals surface area (Å²) in [6.45, 7) is 1.43. The highest BCUT2D eigenvalue weighted by atomic mass is 32.2. The quantitative estimate of drug-likeness (QED) is 0.720. The third-order valence-corrected chi connectivity index (χ3v) is 4.49. The first-order valence-corrected chi connectivity index (χ1v) is 7.51. The van der Waals surface area contributed by atoms with Crippen molar-refractivity contribution in [3.63, 3.8) is 0 Å². The number of ether oxygens (including phenoxy) is 1. The van der Waals surface area contributed by atoms with E-state index >= 15 is 0 Å². The zero-order chi connectivity index (χ0) is 14.5. The summed E-state index contributed by atoms with van der Waals surface area (Å²) in [7, 11) is -2.03. The summed E-state index contributed by atoms with van der Waals surface area (Å²) in [5, 5.41) is 0. The van der Waals surface area contributed by atoms with Gasteiger partial charge < -0.3 is 4.74 Å². The summed E-state index contributed by atoms with van der Waals surface area (Å²) in [6.07, 6.45) is 0.0123. The molecular weight excluding hydrogens is 271 g/mol. The second-order valence-electron chi connectivity index (χ2n) is 4.33. The average molecular weight is 288 g/mol. The lowest BCUT2D eigenvalue weighted by Gasteiger charge is -2.13. The summed E-state index contributed by atoms with van der Waals surface area (Å²) in [5.41, 5.74) is 0. The molecule has 0 radical (unpaired) electrons. The molecule has 0 saturated heterocycles. The van der Waals surface area contributed by atoms with Crippen LogP contribution in [-0.2, 0) is 19.4 Å². The van der Waals surface area contributed by atoms with Gasteiger partial charge in [-0.15, -0.1) is 0 Å². The van der Waals surface area contributed by atoms with Crippen molar-refractivity contribution in [3.8, 4) is 0 Å². The van der Waals surface area contributed by atoms with Gasteiger partial charge in [0.05, 0.1) is 16.8 Å². The monoisotopic (exact) mass is 288 g/mol. The fraction of sp³-hybridized carbons (Fsp3) is 0.462. The number of ketones is 1. The van der Waals surface area contributed by atoms with E-state index in [2.05, 4.69) is 0 Å². The van der Waals surface area contributed by atoms with E-state index in [1.165, 1.54) is 26.2 Å². The van der Waals surface area contributed by atoms with E-state index in [4.69, 9.17) is 4.74 Å². The first-order chi connectivity index (χ1) is 8.85. The first kappa shape index (κ1) is 15.8. The number of hydrogen-bond acceptors (Lipinski definition) is 4. The Balaban J connectivity index is 2.69. The zero-order valence-corrected chi connectivity index (χ0v) is 11.7. The highest BCUT2D eigenvalue weighted by Crippen LogP contribution is 2.15. The Bertz CT molecular complexity index is 522. The van der Waals surface area contributed by atoms with Gasteiger partial charge in [-0.05, 0) is 37.6 Å². The van der Waals surface area contributed by atoms with Crippen molar-refractivity contribution in [3.05, 3.63) is 30.1 Å². The molecule has 0 heterocycles. The van der Waals surface area contributed by atoms with E-state index < -0.39 is 21.8 Å². The maximum Gasteiger partial charge on any atom is 0.178 e. The standard InChI is InChI=1S/C13H17FO4S/c1-10(15)9-12(18-2)7-8-19(16,17)13-5-3-11(14)4-6-13/h3-6,12H,7-9H2,1-2H3. The first-order valence-electron chi connectivity index (χ1n) is 5.85. The van der Waals surface area contributed by atoms with Gasteiger partial charge >= 0.3 is 0 Å². The van der Waals surface area contributed by atoms with Crippen LogP contribution in [0.5, 0.6) is 0 Å². The Morgan fingerprint density at radius 1 is 1.32 bits per heavy atom. The van der Waals surface area contributed by atoms with E-state index in [9.17, 15) is 17.6 Å². The van der Waals surface area contributed by atoms with Gasteiger partial charge in [0, 0.05) is 13.5 Å². The summed E-state index contributed by atoms with van der Waals surface area (Å²) in [4.78, 5) is 11.0. The van der Waals surface area contributed by atoms with E-state index in [-0.39, 0.29) is 29.3 Å². The Labute approximate surface area is 112 Å². The molecule has 1 rings (SSSR count). The number of Topliss-reactive ketones (excluding diaryl/α,β-unsaturated/α-hetero) is 1. The number of carbonyl (C=O) groups excluding carboxylic acids is 1. The van der Waals surface area contributed by atoms with Crippen molar-refractivity contribution in [1.29, 1.82) is 0 Å². The summed E-state index contributed by atoms with van der Waals surface area (Å²) >= 11 is 0. The number of carbonyl (C=O) groups is 1. The maximum absolute atomic E-state index is 12.7. The molecule has 0 saturated carbocycles. The summed E-state index contributed by atoms with van der Waals surface area (Å²) < 4.78 is 41.8. The normalized spacial score (nSPS) is 13.2. The lowest BCUT2D eigenvalue weighted by molar-refractivity contribution is -0.119. The fourth-order valence-corrected chi connectivity index (χ4v) is 3.03. The van der Waals surface area contributed by atoms with E-state index in [1.54, 1.807) is 0 Å². The molecule has 1 atom stereocenters. The molecule has 19 heavy (non-hydrogen) atoms. The minimum Gasteiger partial charge on any atom is -0.381 e. The van der Waals surface area contributed by atoms with Gasteiger partial charge in [-0.3, -0.25) is 4.79 Å². The Morgan fingerprint density at radius 3 is 2.37 bits per heavy atom. The Hall–Kier alpha value is -1.27. The van der Waals surface area contributed by atoms with E-state index in [1.807, 2.05) is 0 Å². The number of rotatable bonds is 7. The number of hydrogen-bond donors (Lipinski definition) is 0. The second kappa shape index (κ2) is 6.77. The van der Waals surface area contributed by atoms with Gasteiger partial charge in [0.15, 0.2) is 9.84 Å². The molecule has 1 aromatic carbocycles. The molecule has 0 aliphatic heterocycles. The van der Waals surface area contributed by atoms with Crippen molar-refractivity contribution < 1.29 is 22.3 Å². The van der Waals surface area contributed by atoms with Crippen LogP contribution in [0.2, 0.25) is 0 Å². The van der Waals surface area contributed by atoms with Crippen molar-refractivity contribution in [1.82, 2.24) is 0 Å². The molecule has 0 spiro atoms. The van der Waals surface area contributed by atoms with Crippen LogP contribution in [0.3, 0.4) is 0 Å². The number of methoxy groups -OCH3 is 1. The van der Waals surface area contributed by atoms with Crippen LogP contribution >= 0.6 is 0 Å². The summed E-state index contributed by atoms with van der Waals surface area (Å²) in [6, 6.07) is 4.68. The van der Waals surface area contributed by atoms with Crippen molar-refractivity contribution in [2.75, 3.05) is 12.9 Å². The molecule has 0 N–H and O–H groups in total. The molecule has 106 valence electrons. The van der Waals surface area contributed by atoms with Crippen LogP contribution < -0.4 is 0 Å². The van der Waals surface area contributed by atoms with Gasteiger partial charge in [0.2, 0.25) is 0 Å². The minimum atomic E-state index is -3.48. The smallest absolute Gasteiger partial charge is 0.178 e. The molecule has 0 aliphatic rings.